The Kier molecular flexibility index (Phi) is 6.50. The van der Waals surface area contributed by atoms with E-state index in [-0.39, 0.29) is 5.78 Å². The highest BCUT2D eigenvalue weighted by atomic mass is 16.1. The summed E-state index contributed by atoms with van der Waals surface area (Å²) < 4.78 is 3.92. The second-order valence-corrected chi connectivity index (χ2v) is 7.46. The third-order valence-electron chi connectivity index (χ3n) is 5.31. The minimum Gasteiger partial charge on any atom is -0.337 e. The number of nitrogens with zero attached hydrogens (tertiary/aromatic N) is 4. The molecule has 2 aromatic carbocycles. The number of imidazole rings is 1. The van der Waals surface area contributed by atoms with Gasteiger partial charge >= 0.3 is 0 Å². The molecule has 4 rings (SSSR count). The van der Waals surface area contributed by atoms with Crippen molar-refractivity contribution >= 4 is 5.78 Å². The zero-order chi connectivity index (χ0) is 20.6. The van der Waals surface area contributed by atoms with Crippen LogP contribution in [0.4, 0.5) is 0 Å². The molecule has 0 radical (unpaired) electrons. The first-order valence-electron chi connectivity index (χ1n) is 10.5. The van der Waals surface area contributed by atoms with Crippen molar-refractivity contribution in [2.24, 2.45) is 0 Å². The molecule has 0 saturated heterocycles. The average Bonchev–Trinajstić information content (AvgIpc) is 3.50. The topological polar surface area (TPSA) is 52.7 Å². The fourth-order valence-corrected chi connectivity index (χ4v) is 3.66. The van der Waals surface area contributed by atoms with Crippen LogP contribution in [0.3, 0.4) is 0 Å². The van der Waals surface area contributed by atoms with Crippen molar-refractivity contribution in [3.05, 3.63) is 102 Å². The highest BCUT2D eigenvalue weighted by molar-refractivity contribution is 5.96. The Hall–Kier alpha value is -3.47. The van der Waals surface area contributed by atoms with Crippen molar-refractivity contribution in [3.8, 4) is 5.69 Å². The first-order chi connectivity index (χ1) is 14.8. The summed E-state index contributed by atoms with van der Waals surface area (Å²) in [4.78, 5) is 16.8. The van der Waals surface area contributed by atoms with Crippen LogP contribution in [0.25, 0.3) is 5.69 Å². The predicted octanol–water partition coefficient (Wildman–Crippen LogP) is 4.91. The van der Waals surface area contributed by atoms with Crippen molar-refractivity contribution in [3.63, 3.8) is 0 Å². The molecule has 30 heavy (non-hydrogen) atoms. The molecular weight excluding hydrogens is 372 g/mol. The van der Waals surface area contributed by atoms with Gasteiger partial charge in [-0.1, -0.05) is 30.3 Å². The lowest BCUT2D eigenvalue weighted by atomic mass is 9.97. The zero-order valence-corrected chi connectivity index (χ0v) is 17.0. The Morgan fingerprint density at radius 3 is 2.57 bits per heavy atom. The molecule has 4 aromatic rings. The number of aryl methyl sites for hydroxylation is 3. The number of unbranched alkanes of at least 4 members (excludes halogenated alkanes) is 1. The average molecular weight is 399 g/mol. The van der Waals surface area contributed by atoms with Crippen molar-refractivity contribution in [1.82, 2.24) is 19.3 Å². The molecule has 0 unspecified atom stereocenters. The predicted molar refractivity (Wildman–Crippen MR) is 118 cm³/mol. The normalized spacial score (nSPS) is 10.9. The molecule has 0 bridgehead atoms. The molecule has 0 spiro atoms. The fraction of sp³-hybridized carbons (Fsp3) is 0.240. The van der Waals surface area contributed by atoms with Crippen LogP contribution in [0.5, 0.6) is 0 Å². The molecule has 2 heterocycles. The fourth-order valence-electron chi connectivity index (χ4n) is 3.66. The molecule has 5 nitrogen and oxygen atoms in total. The van der Waals surface area contributed by atoms with Crippen LogP contribution < -0.4 is 0 Å². The molecule has 0 amide bonds. The molecule has 0 aliphatic rings. The minimum atomic E-state index is 0.202. The summed E-state index contributed by atoms with van der Waals surface area (Å²) in [5, 5.41) is 4.39. The van der Waals surface area contributed by atoms with Gasteiger partial charge in [-0.25, -0.2) is 9.67 Å². The number of carbonyl (C=O) groups excluding carboxylic acids is 1. The van der Waals surface area contributed by atoms with Crippen LogP contribution in [0, 0.1) is 0 Å². The van der Waals surface area contributed by atoms with Crippen LogP contribution in [-0.4, -0.2) is 25.1 Å². The molecular formula is C25H26N4O. The highest BCUT2D eigenvalue weighted by Gasteiger charge is 2.12. The van der Waals surface area contributed by atoms with Crippen LogP contribution in [0.15, 0.2) is 85.7 Å². The number of ketones is 1. The van der Waals surface area contributed by atoms with Gasteiger partial charge in [0.1, 0.15) is 0 Å². The smallest absolute Gasteiger partial charge is 0.162 e. The van der Waals surface area contributed by atoms with E-state index in [0.717, 1.165) is 49.0 Å². The van der Waals surface area contributed by atoms with Crippen molar-refractivity contribution in [2.45, 2.75) is 38.6 Å². The number of aromatic nitrogens is 4. The van der Waals surface area contributed by atoms with E-state index in [9.17, 15) is 4.79 Å². The molecule has 5 heteroatoms. The Bertz CT molecular complexity index is 1050. The molecule has 0 fully saturated rings. The SMILES string of the molecule is O=C(CCCCn1ccnc1)c1ccc(-n2cccn2)c(CCc2ccccc2)c1. The molecule has 0 aliphatic heterocycles. The summed E-state index contributed by atoms with van der Waals surface area (Å²) in [6.07, 6.45) is 13.5. The van der Waals surface area contributed by atoms with E-state index in [1.165, 1.54) is 5.56 Å². The van der Waals surface area contributed by atoms with Crippen LogP contribution >= 0.6 is 0 Å². The van der Waals surface area contributed by atoms with Gasteiger partial charge in [0.05, 0.1) is 12.0 Å². The lowest BCUT2D eigenvalue weighted by molar-refractivity contribution is 0.0979. The number of carbonyl (C=O) groups is 1. The van der Waals surface area contributed by atoms with Gasteiger partial charge in [0, 0.05) is 43.3 Å². The molecule has 152 valence electrons. The number of hydrogen-bond donors (Lipinski definition) is 0. The Morgan fingerprint density at radius 1 is 0.900 bits per heavy atom. The van der Waals surface area contributed by atoms with Crippen molar-refractivity contribution < 1.29 is 4.79 Å². The lowest BCUT2D eigenvalue weighted by Crippen LogP contribution is -2.06. The van der Waals surface area contributed by atoms with Crippen LogP contribution in [-0.2, 0) is 19.4 Å². The Balaban J connectivity index is 1.44. The van der Waals surface area contributed by atoms with Gasteiger partial charge < -0.3 is 4.57 Å². The lowest BCUT2D eigenvalue weighted by Gasteiger charge is -2.12. The largest absolute Gasteiger partial charge is 0.337 e. The van der Waals surface area contributed by atoms with Crippen LogP contribution in [0.1, 0.15) is 40.7 Å². The molecule has 0 saturated carbocycles. The second kappa shape index (κ2) is 9.83. The minimum absolute atomic E-state index is 0.202. The summed E-state index contributed by atoms with van der Waals surface area (Å²) in [5.41, 5.74) is 4.26. The first kappa shape index (κ1) is 19.8. The third-order valence-corrected chi connectivity index (χ3v) is 5.31. The van der Waals surface area contributed by atoms with Gasteiger partial charge in [0.15, 0.2) is 5.78 Å². The highest BCUT2D eigenvalue weighted by Crippen LogP contribution is 2.20. The van der Waals surface area contributed by atoms with Gasteiger partial charge in [0.25, 0.3) is 0 Å². The van der Waals surface area contributed by atoms with E-state index >= 15 is 0 Å². The summed E-state index contributed by atoms with van der Waals surface area (Å²) in [6.45, 7) is 0.897. The summed E-state index contributed by atoms with van der Waals surface area (Å²) in [6, 6.07) is 18.4. The maximum Gasteiger partial charge on any atom is 0.162 e. The van der Waals surface area contributed by atoms with E-state index in [4.69, 9.17) is 0 Å². The van der Waals surface area contributed by atoms with Gasteiger partial charge in [-0.15, -0.1) is 0 Å². The van der Waals surface area contributed by atoms with E-state index < -0.39 is 0 Å². The Labute approximate surface area is 177 Å². The van der Waals surface area contributed by atoms with Gasteiger partial charge in [-0.05, 0) is 61.1 Å². The summed E-state index contributed by atoms with van der Waals surface area (Å²) >= 11 is 0. The second-order valence-electron chi connectivity index (χ2n) is 7.46. The van der Waals surface area contributed by atoms with Crippen molar-refractivity contribution in [1.29, 1.82) is 0 Å². The quantitative estimate of drug-likeness (QED) is 0.282. The first-order valence-corrected chi connectivity index (χ1v) is 10.5. The number of hydrogen-bond acceptors (Lipinski definition) is 3. The maximum absolute atomic E-state index is 12.8. The number of benzene rings is 2. The van der Waals surface area contributed by atoms with Crippen LogP contribution in [0.2, 0.25) is 0 Å². The van der Waals surface area contributed by atoms with E-state index in [1.54, 1.807) is 12.4 Å². The number of rotatable bonds is 10. The zero-order valence-electron chi connectivity index (χ0n) is 17.0. The monoisotopic (exact) mass is 398 g/mol. The van der Waals surface area contributed by atoms with E-state index in [2.05, 4.69) is 40.4 Å². The molecule has 0 aliphatic carbocycles. The van der Waals surface area contributed by atoms with Gasteiger partial charge in [0.2, 0.25) is 0 Å². The molecule has 2 aromatic heterocycles. The van der Waals surface area contributed by atoms with Crippen molar-refractivity contribution in [2.75, 3.05) is 0 Å². The van der Waals surface area contributed by atoms with Gasteiger partial charge in [-0.3, -0.25) is 4.79 Å². The Morgan fingerprint density at radius 2 is 1.80 bits per heavy atom. The number of Topliss-reactive ketones (excluding diaryl/α,β-unsaturated/α-hetero) is 1. The molecule has 0 N–H and O–H groups in total. The van der Waals surface area contributed by atoms with E-state index in [0.29, 0.717) is 6.42 Å². The molecule has 0 atom stereocenters. The van der Waals surface area contributed by atoms with Gasteiger partial charge in [-0.2, -0.15) is 5.10 Å². The summed E-state index contributed by atoms with van der Waals surface area (Å²) in [5.74, 6) is 0.202. The standard InChI is InChI=1S/C25H26N4O/c30-25(9-4-5-16-28-18-15-26-20-28)23-12-13-24(29-17-6-14-27-29)22(19-23)11-10-21-7-2-1-3-8-21/h1-3,6-8,12-15,17-20H,4-5,9-11,16H2. The maximum atomic E-state index is 12.8. The summed E-state index contributed by atoms with van der Waals surface area (Å²) in [7, 11) is 0. The third kappa shape index (κ3) is 5.11. The van der Waals surface area contributed by atoms with E-state index in [1.807, 2.05) is 52.2 Å².